The zero-order valence-electron chi connectivity index (χ0n) is 11.1. The van der Waals surface area contributed by atoms with Gasteiger partial charge in [-0.25, -0.2) is 4.98 Å². The van der Waals surface area contributed by atoms with E-state index in [4.69, 9.17) is 5.73 Å². The van der Waals surface area contributed by atoms with Gasteiger partial charge in [-0.2, -0.15) is 0 Å². The first-order valence-corrected chi connectivity index (χ1v) is 7.23. The van der Waals surface area contributed by atoms with Gasteiger partial charge >= 0.3 is 0 Å². The number of hydrogen-bond acceptors (Lipinski definition) is 4. The summed E-state index contributed by atoms with van der Waals surface area (Å²) in [5.41, 5.74) is 7.70. The molecule has 1 fully saturated rings. The zero-order chi connectivity index (χ0) is 12.5. The minimum Gasteiger partial charge on any atom is -0.327 e. The topological polar surface area (TPSA) is 42.2 Å². The van der Waals surface area contributed by atoms with Gasteiger partial charge in [-0.15, -0.1) is 11.3 Å². The van der Waals surface area contributed by atoms with Crippen LogP contribution in [0.4, 0.5) is 0 Å². The summed E-state index contributed by atoms with van der Waals surface area (Å²) in [7, 11) is 2.17. The molecule has 0 bridgehead atoms. The van der Waals surface area contributed by atoms with Crippen LogP contribution in [0.1, 0.15) is 36.9 Å². The summed E-state index contributed by atoms with van der Waals surface area (Å²) < 4.78 is 0. The molecule has 1 aliphatic rings. The molecular formula is C13H23N3S. The fourth-order valence-electron chi connectivity index (χ4n) is 2.89. The molecule has 96 valence electrons. The van der Waals surface area contributed by atoms with Crippen molar-refractivity contribution in [2.45, 2.75) is 45.7 Å². The number of nitrogens with two attached hydrogens (primary N) is 1. The highest BCUT2D eigenvalue weighted by Crippen LogP contribution is 2.37. The van der Waals surface area contributed by atoms with Crippen LogP contribution >= 0.6 is 11.3 Å². The Kier molecular flexibility index (Phi) is 3.85. The average molecular weight is 253 g/mol. The van der Waals surface area contributed by atoms with E-state index >= 15 is 0 Å². The number of thiazole rings is 1. The molecule has 2 unspecified atom stereocenters. The molecular weight excluding hydrogens is 230 g/mol. The Hall–Kier alpha value is -0.450. The van der Waals surface area contributed by atoms with Crippen LogP contribution in [0.3, 0.4) is 0 Å². The van der Waals surface area contributed by atoms with Crippen LogP contribution in [0.15, 0.2) is 5.38 Å². The van der Waals surface area contributed by atoms with Crippen molar-refractivity contribution in [1.82, 2.24) is 9.88 Å². The van der Waals surface area contributed by atoms with Crippen molar-refractivity contribution in [3.8, 4) is 0 Å². The van der Waals surface area contributed by atoms with Crippen molar-refractivity contribution >= 4 is 11.3 Å². The van der Waals surface area contributed by atoms with Gasteiger partial charge in [0, 0.05) is 24.5 Å². The normalized spacial score (nSPS) is 29.1. The summed E-state index contributed by atoms with van der Waals surface area (Å²) in [5.74, 6) is 0. The van der Waals surface area contributed by atoms with E-state index in [-0.39, 0.29) is 0 Å². The zero-order valence-corrected chi connectivity index (χ0v) is 11.9. The van der Waals surface area contributed by atoms with Crippen LogP contribution in [0.5, 0.6) is 0 Å². The lowest BCUT2D eigenvalue weighted by atomic mass is 9.84. The van der Waals surface area contributed by atoms with Crippen LogP contribution in [0.25, 0.3) is 0 Å². The monoisotopic (exact) mass is 253 g/mol. The number of rotatable bonds is 4. The van der Waals surface area contributed by atoms with Gasteiger partial charge in [0.1, 0.15) is 0 Å². The van der Waals surface area contributed by atoms with Crippen LogP contribution in [-0.2, 0) is 6.54 Å². The largest absolute Gasteiger partial charge is 0.327 e. The highest BCUT2D eigenvalue weighted by molar-refractivity contribution is 7.09. The van der Waals surface area contributed by atoms with E-state index in [0.717, 1.165) is 18.1 Å². The smallest absolute Gasteiger partial charge is 0.0897 e. The summed E-state index contributed by atoms with van der Waals surface area (Å²) >= 11 is 1.73. The second-order valence-corrected chi connectivity index (χ2v) is 6.75. The first-order chi connectivity index (χ1) is 7.99. The molecule has 0 aliphatic heterocycles. The van der Waals surface area contributed by atoms with Crippen LogP contribution in [0, 0.1) is 12.3 Å². The van der Waals surface area contributed by atoms with E-state index < -0.39 is 0 Å². The van der Waals surface area contributed by atoms with Crippen molar-refractivity contribution in [2.75, 3.05) is 13.6 Å². The van der Waals surface area contributed by atoms with E-state index in [1.165, 1.54) is 25.0 Å². The van der Waals surface area contributed by atoms with Gasteiger partial charge < -0.3 is 5.73 Å². The average Bonchev–Trinajstić information content (AvgIpc) is 2.75. The molecule has 0 radical (unpaired) electrons. The lowest BCUT2D eigenvalue weighted by Crippen LogP contribution is -2.42. The van der Waals surface area contributed by atoms with E-state index in [2.05, 4.69) is 36.2 Å². The predicted octanol–water partition coefficient (Wildman–Crippen LogP) is 2.40. The molecule has 1 heterocycles. The van der Waals surface area contributed by atoms with E-state index in [0.29, 0.717) is 11.5 Å². The van der Waals surface area contributed by atoms with Crippen molar-refractivity contribution < 1.29 is 0 Å². The minimum atomic E-state index is 0.291. The second kappa shape index (κ2) is 5.04. The van der Waals surface area contributed by atoms with Gasteiger partial charge in [-0.3, -0.25) is 4.90 Å². The molecule has 2 atom stereocenters. The van der Waals surface area contributed by atoms with Crippen molar-refractivity contribution in [1.29, 1.82) is 0 Å². The maximum absolute atomic E-state index is 6.22. The molecule has 4 heteroatoms. The molecule has 0 amide bonds. The molecule has 2 N–H and O–H groups in total. The van der Waals surface area contributed by atoms with E-state index in [1.54, 1.807) is 11.3 Å². The Morgan fingerprint density at radius 2 is 2.41 bits per heavy atom. The van der Waals surface area contributed by atoms with Gasteiger partial charge in [-0.1, -0.05) is 13.3 Å². The summed E-state index contributed by atoms with van der Waals surface area (Å²) in [6.45, 7) is 6.40. The summed E-state index contributed by atoms with van der Waals surface area (Å²) in [5, 5.41) is 3.31. The first-order valence-electron chi connectivity index (χ1n) is 6.35. The number of nitrogens with zero attached hydrogens (tertiary/aromatic N) is 2. The third kappa shape index (κ3) is 3.06. The number of hydrogen-bond donors (Lipinski definition) is 1. The van der Waals surface area contributed by atoms with Gasteiger partial charge in [0.2, 0.25) is 0 Å². The highest BCUT2D eigenvalue weighted by atomic mass is 32.1. The van der Waals surface area contributed by atoms with Crippen LogP contribution in [0.2, 0.25) is 0 Å². The molecule has 1 saturated carbocycles. The van der Waals surface area contributed by atoms with Gasteiger partial charge in [-0.05, 0) is 32.2 Å². The third-order valence-corrected chi connectivity index (χ3v) is 4.71. The Morgan fingerprint density at radius 3 is 2.94 bits per heavy atom. The maximum Gasteiger partial charge on any atom is 0.0897 e. The van der Waals surface area contributed by atoms with Gasteiger partial charge in [0.15, 0.2) is 0 Å². The van der Waals surface area contributed by atoms with Crippen LogP contribution in [-0.4, -0.2) is 29.5 Å². The van der Waals surface area contributed by atoms with Crippen molar-refractivity contribution in [2.24, 2.45) is 11.1 Å². The minimum absolute atomic E-state index is 0.291. The van der Waals surface area contributed by atoms with E-state index in [1.807, 2.05) is 0 Å². The maximum atomic E-state index is 6.22. The summed E-state index contributed by atoms with van der Waals surface area (Å²) in [6, 6.07) is 0.363. The fourth-order valence-corrected chi connectivity index (χ4v) is 3.49. The summed E-state index contributed by atoms with van der Waals surface area (Å²) in [4.78, 5) is 6.87. The van der Waals surface area contributed by atoms with Crippen molar-refractivity contribution in [3.05, 3.63) is 16.1 Å². The number of aryl methyl sites for hydroxylation is 1. The van der Waals surface area contributed by atoms with Gasteiger partial charge in [0.25, 0.3) is 0 Å². The second-order valence-electron chi connectivity index (χ2n) is 5.68. The van der Waals surface area contributed by atoms with Gasteiger partial charge in [0.05, 0.1) is 10.7 Å². The standard InChI is InChI=1S/C13H23N3S/c1-10-15-11(8-17-10)7-16(3)9-13(2)6-4-5-12(13)14/h8,12H,4-7,9,14H2,1-3H3. The number of aromatic nitrogens is 1. The molecule has 3 nitrogen and oxygen atoms in total. The lowest BCUT2D eigenvalue weighted by molar-refractivity contribution is 0.172. The van der Waals surface area contributed by atoms with Crippen LogP contribution < -0.4 is 5.73 Å². The summed E-state index contributed by atoms with van der Waals surface area (Å²) in [6.07, 6.45) is 3.72. The fraction of sp³-hybridized carbons (Fsp3) is 0.769. The molecule has 1 aromatic heterocycles. The Bertz CT molecular complexity index is 376. The van der Waals surface area contributed by atoms with E-state index in [9.17, 15) is 0 Å². The first kappa shape index (κ1) is 13.0. The molecule has 1 aliphatic carbocycles. The highest BCUT2D eigenvalue weighted by Gasteiger charge is 2.37. The predicted molar refractivity (Wildman–Crippen MR) is 73.1 cm³/mol. The molecule has 2 rings (SSSR count). The van der Waals surface area contributed by atoms with Crippen molar-refractivity contribution in [3.63, 3.8) is 0 Å². The SMILES string of the molecule is Cc1nc(CN(C)CC2(C)CCCC2N)cs1. The Labute approximate surface area is 108 Å². The Morgan fingerprint density at radius 1 is 1.65 bits per heavy atom. The molecule has 0 saturated heterocycles. The quantitative estimate of drug-likeness (QED) is 0.896. The molecule has 17 heavy (non-hydrogen) atoms. The molecule has 0 spiro atoms. The lowest BCUT2D eigenvalue weighted by Gasteiger charge is -2.33. The molecule has 0 aromatic carbocycles. The third-order valence-electron chi connectivity index (χ3n) is 3.89. The molecule has 1 aromatic rings. The Balaban J connectivity index is 1.91.